The average Bonchev–Trinajstić information content (AvgIpc) is 3.46. The predicted octanol–water partition coefficient (Wildman–Crippen LogP) is 28.0. The first-order valence-electron chi connectivity index (χ1n) is 38.5. The summed E-state index contributed by atoms with van der Waals surface area (Å²) in [5.74, 6) is 0.0104. The van der Waals surface area contributed by atoms with Gasteiger partial charge in [-0.2, -0.15) is 0 Å². The van der Waals surface area contributed by atoms with E-state index in [1.54, 1.807) is 0 Å². The molecule has 0 aromatic rings. The second kappa shape index (κ2) is 74.5. The van der Waals surface area contributed by atoms with E-state index in [1.165, 1.54) is 424 Å². The van der Waals surface area contributed by atoms with Gasteiger partial charge in [-0.05, 0) is 25.7 Å². The second-order valence-electron chi connectivity index (χ2n) is 26.9. The minimum atomic E-state index is -0.0806. The maximum atomic E-state index is 12.1. The van der Waals surface area contributed by atoms with Crippen molar-refractivity contribution in [3.63, 3.8) is 0 Å². The number of aliphatic hydroxyl groups is 1. The van der Waals surface area contributed by atoms with Crippen LogP contribution in [-0.2, 0) is 9.53 Å². The summed E-state index contributed by atoms with van der Waals surface area (Å²) < 4.78 is 5.50. The zero-order valence-corrected chi connectivity index (χ0v) is 56.0. The Kier molecular flexibility index (Phi) is 74.0. The highest BCUT2D eigenvalue weighted by atomic mass is 16.5. The molecule has 0 radical (unpaired) electrons. The third-order valence-electron chi connectivity index (χ3n) is 18.6. The van der Waals surface area contributed by atoms with Gasteiger partial charge < -0.3 is 9.84 Å². The summed E-state index contributed by atoms with van der Waals surface area (Å²) in [6, 6.07) is 0. The Hall–Kier alpha value is -0.570. The summed E-state index contributed by atoms with van der Waals surface area (Å²) in [6.07, 6.45) is 100. The molecule has 0 aliphatic carbocycles. The van der Waals surface area contributed by atoms with Crippen LogP contribution in [0.2, 0.25) is 0 Å². The molecule has 0 amide bonds. The quantitative estimate of drug-likeness (QED) is 0.0488. The summed E-state index contributed by atoms with van der Waals surface area (Å²) in [5.41, 5.74) is 0. The lowest BCUT2D eigenvalue weighted by Crippen LogP contribution is -2.06. The van der Waals surface area contributed by atoms with Crippen LogP contribution in [-0.4, -0.2) is 23.8 Å². The highest BCUT2D eigenvalue weighted by Crippen LogP contribution is 2.21. The normalized spacial score (nSPS) is 12.1. The molecule has 0 aromatic heterocycles. The lowest BCUT2D eigenvalue weighted by Gasteiger charge is -2.10. The molecule has 0 aromatic carbocycles. The first kappa shape index (κ1) is 79.4. The third-order valence-corrected chi connectivity index (χ3v) is 18.6. The van der Waals surface area contributed by atoms with E-state index < -0.39 is 0 Å². The summed E-state index contributed by atoms with van der Waals surface area (Å²) in [7, 11) is 0. The van der Waals surface area contributed by atoms with Crippen LogP contribution in [0, 0.1) is 0 Å². The fourth-order valence-corrected chi connectivity index (χ4v) is 12.8. The molecule has 0 fully saturated rings. The molecule has 0 saturated heterocycles. The van der Waals surface area contributed by atoms with Crippen LogP contribution in [0.5, 0.6) is 0 Å². The number of carbonyl (C=O) groups is 1. The van der Waals surface area contributed by atoms with Crippen LogP contribution in [0.4, 0.5) is 0 Å². The third kappa shape index (κ3) is 73.5. The molecule has 1 unspecified atom stereocenters. The van der Waals surface area contributed by atoms with Crippen molar-refractivity contribution in [1.29, 1.82) is 0 Å². The molecule has 3 nitrogen and oxygen atoms in total. The fourth-order valence-electron chi connectivity index (χ4n) is 12.8. The standard InChI is InChI=1S/C77H154O3/c1-3-5-7-9-10-11-12-13-14-15-16-17-18-19-20-21-22-23-24-25-26-27-28-29-30-31-32-33-34-35-36-37-38-39-40-41-42-43-44-45-46-47-48-49-50-51-52-53-54-55-56-57-58-61-64-67-71-75-80-77(79)74-70-66-63-60-59-62-65-69-73-76(78)72-68-8-6-4-2/h76,78H,3-75H2,1-2H3. The number of esters is 1. The Morgan fingerprint density at radius 1 is 0.225 bits per heavy atom. The summed E-state index contributed by atoms with van der Waals surface area (Å²) in [6.45, 7) is 5.17. The lowest BCUT2D eigenvalue weighted by atomic mass is 10.0. The molecule has 1 atom stereocenters. The van der Waals surface area contributed by atoms with Crippen LogP contribution in [0.15, 0.2) is 0 Å². The monoisotopic (exact) mass is 1130 g/mol. The molecule has 0 rings (SSSR count). The van der Waals surface area contributed by atoms with Gasteiger partial charge in [0.15, 0.2) is 0 Å². The number of hydrogen-bond acceptors (Lipinski definition) is 3. The first-order valence-corrected chi connectivity index (χ1v) is 38.5. The van der Waals surface area contributed by atoms with Crippen molar-refractivity contribution in [3.8, 4) is 0 Å². The minimum Gasteiger partial charge on any atom is -0.466 e. The minimum absolute atomic E-state index is 0.0104. The number of rotatable bonds is 74. The van der Waals surface area contributed by atoms with Crippen LogP contribution >= 0.6 is 0 Å². The molecular formula is C77H154O3. The number of unbranched alkanes of at least 4 members (excludes halogenated alkanes) is 66. The molecule has 80 heavy (non-hydrogen) atoms. The van der Waals surface area contributed by atoms with Crippen molar-refractivity contribution in [1.82, 2.24) is 0 Å². The van der Waals surface area contributed by atoms with Gasteiger partial charge in [0.05, 0.1) is 12.7 Å². The summed E-state index contributed by atoms with van der Waals surface area (Å²) in [4.78, 5) is 12.1. The Labute approximate surface area is 507 Å². The molecule has 0 bridgehead atoms. The van der Waals surface area contributed by atoms with Crippen molar-refractivity contribution < 1.29 is 14.6 Å². The summed E-state index contributed by atoms with van der Waals surface area (Å²) in [5, 5.41) is 10.1. The molecule has 0 spiro atoms. The van der Waals surface area contributed by atoms with Crippen molar-refractivity contribution in [2.45, 2.75) is 482 Å². The number of hydrogen-bond donors (Lipinski definition) is 1. The van der Waals surface area contributed by atoms with Gasteiger partial charge in [0.25, 0.3) is 0 Å². The van der Waals surface area contributed by atoms with Gasteiger partial charge in [-0.25, -0.2) is 0 Å². The number of carbonyl (C=O) groups excluding carboxylic acids is 1. The zero-order chi connectivity index (χ0) is 57.5. The summed E-state index contributed by atoms with van der Waals surface area (Å²) >= 11 is 0. The molecule has 0 saturated carbocycles. The first-order chi connectivity index (χ1) is 39.7. The van der Waals surface area contributed by atoms with E-state index in [-0.39, 0.29) is 12.1 Å². The van der Waals surface area contributed by atoms with Gasteiger partial charge in [-0.15, -0.1) is 0 Å². The topological polar surface area (TPSA) is 46.5 Å². The van der Waals surface area contributed by atoms with Gasteiger partial charge >= 0.3 is 5.97 Å². The lowest BCUT2D eigenvalue weighted by molar-refractivity contribution is -0.143. The predicted molar refractivity (Wildman–Crippen MR) is 361 cm³/mol. The van der Waals surface area contributed by atoms with E-state index in [2.05, 4.69) is 13.8 Å². The van der Waals surface area contributed by atoms with Gasteiger partial charge in [0, 0.05) is 6.42 Å². The average molecular weight is 1130 g/mol. The molecule has 480 valence electrons. The molecule has 0 aliphatic rings. The highest BCUT2D eigenvalue weighted by molar-refractivity contribution is 5.69. The molecule has 0 aliphatic heterocycles. The van der Waals surface area contributed by atoms with Gasteiger partial charge in [0.1, 0.15) is 0 Å². The van der Waals surface area contributed by atoms with Gasteiger partial charge in [-0.1, -0.05) is 444 Å². The maximum Gasteiger partial charge on any atom is 0.305 e. The van der Waals surface area contributed by atoms with E-state index in [0.29, 0.717) is 13.0 Å². The molecule has 3 heteroatoms. The van der Waals surface area contributed by atoms with Crippen LogP contribution in [0.25, 0.3) is 0 Å². The number of aliphatic hydroxyl groups excluding tert-OH is 1. The smallest absolute Gasteiger partial charge is 0.305 e. The van der Waals surface area contributed by atoms with Crippen LogP contribution < -0.4 is 0 Å². The van der Waals surface area contributed by atoms with Crippen molar-refractivity contribution in [2.75, 3.05) is 6.61 Å². The van der Waals surface area contributed by atoms with Crippen LogP contribution in [0.1, 0.15) is 476 Å². The largest absolute Gasteiger partial charge is 0.466 e. The van der Waals surface area contributed by atoms with Crippen molar-refractivity contribution in [3.05, 3.63) is 0 Å². The maximum absolute atomic E-state index is 12.1. The zero-order valence-electron chi connectivity index (χ0n) is 56.0. The van der Waals surface area contributed by atoms with Crippen molar-refractivity contribution in [2.24, 2.45) is 0 Å². The van der Waals surface area contributed by atoms with Gasteiger partial charge in [0.2, 0.25) is 0 Å². The fraction of sp³-hybridized carbons (Fsp3) is 0.987. The van der Waals surface area contributed by atoms with Crippen molar-refractivity contribution >= 4 is 5.97 Å². The molecule has 1 N–H and O–H groups in total. The van der Waals surface area contributed by atoms with E-state index in [9.17, 15) is 9.90 Å². The Balaban J connectivity index is 3.13. The van der Waals surface area contributed by atoms with E-state index >= 15 is 0 Å². The second-order valence-corrected chi connectivity index (χ2v) is 26.9. The number of ether oxygens (including phenoxy) is 1. The highest BCUT2D eigenvalue weighted by Gasteiger charge is 2.06. The van der Waals surface area contributed by atoms with E-state index in [1.807, 2.05) is 0 Å². The van der Waals surface area contributed by atoms with E-state index in [0.717, 1.165) is 32.1 Å². The van der Waals surface area contributed by atoms with Gasteiger partial charge in [-0.3, -0.25) is 4.79 Å². The molecular weight excluding hydrogens is 973 g/mol. The molecule has 0 heterocycles. The van der Waals surface area contributed by atoms with E-state index in [4.69, 9.17) is 4.74 Å². The SMILES string of the molecule is CCCCCCCCCCCCCCCCCCCCCCCCCCCCCCCCCCCCCCCCCCCCCCCCCCCCCCCCCCCOC(=O)CCCCCCCCCCC(O)CCCCCC. The Morgan fingerprint density at radius 2 is 0.375 bits per heavy atom. The Morgan fingerprint density at radius 3 is 0.575 bits per heavy atom. The Bertz CT molecular complexity index is 1070. The van der Waals surface area contributed by atoms with Crippen LogP contribution in [0.3, 0.4) is 0 Å².